The van der Waals surface area contributed by atoms with Gasteiger partial charge in [-0.25, -0.2) is 0 Å². The zero-order chi connectivity index (χ0) is 21.1. The number of fused-ring (bicyclic) bond motifs is 1. The van der Waals surface area contributed by atoms with Crippen molar-refractivity contribution in [2.75, 3.05) is 0 Å². The quantitative estimate of drug-likeness (QED) is 0.402. The highest BCUT2D eigenvalue weighted by atomic mass is 35.5. The summed E-state index contributed by atoms with van der Waals surface area (Å²) in [5, 5.41) is 13.6. The van der Waals surface area contributed by atoms with Gasteiger partial charge in [0.1, 0.15) is 18.1 Å². The number of ether oxygens (including phenoxy) is 1. The standard InChI is InChI=1S/C21H19Cl2N5O2/c1-13(21-17(22)10-24-11-18(21)23)30-15-3-5-20-16(8-15)19(26-27-20)4-2-14-9-25-28(12-14)6-7-29/h3,5,7-13H,2,4,6H2,1H3,(H,26,27)/t13-/m1/s1. The lowest BCUT2D eigenvalue weighted by molar-refractivity contribution is -0.108. The largest absolute Gasteiger partial charge is 0.486 e. The third-order valence-corrected chi connectivity index (χ3v) is 5.43. The number of benzene rings is 1. The molecule has 0 unspecified atom stereocenters. The van der Waals surface area contributed by atoms with Gasteiger partial charge in [-0.05, 0) is 43.5 Å². The van der Waals surface area contributed by atoms with Crippen LogP contribution in [0, 0.1) is 0 Å². The van der Waals surface area contributed by atoms with Crippen molar-refractivity contribution in [1.82, 2.24) is 25.0 Å². The van der Waals surface area contributed by atoms with Gasteiger partial charge in [0.15, 0.2) is 0 Å². The maximum Gasteiger partial charge on any atom is 0.141 e. The fourth-order valence-electron chi connectivity index (χ4n) is 3.36. The number of aryl methyl sites for hydroxylation is 2. The minimum absolute atomic E-state index is 0.261. The molecule has 30 heavy (non-hydrogen) atoms. The van der Waals surface area contributed by atoms with Crippen molar-refractivity contribution < 1.29 is 9.53 Å². The summed E-state index contributed by atoms with van der Waals surface area (Å²) in [5.41, 5.74) is 3.63. The van der Waals surface area contributed by atoms with Gasteiger partial charge < -0.3 is 9.53 Å². The number of hydrogen-bond acceptors (Lipinski definition) is 5. The van der Waals surface area contributed by atoms with E-state index in [2.05, 4.69) is 20.3 Å². The summed E-state index contributed by atoms with van der Waals surface area (Å²) in [5.74, 6) is 0.695. The van der Waals surface area contributed by atoms with Crippen molar-refractivity contribution in [3.63, 3.8) is 0 Å². The van der Waals surface area contributed by atoms with Crippen LogP contribution >= 0.6 is 23.2 Å². The van der Waals surface area contributed by atoms with E-state index in [1.54, 1.807) is 23.3 Å². The van der Waals surface area contributed by atoms with Crippen LogP contribution in [0.4, 0.5) is 0 Å². The maximum absolute atomic E-state index is 10.6. The molecule has 1 N–H and O–H groups in total. The predicted molar refractivity (Wildman–Crippen MR) is 115 cm³/mol. The van der Waals surface area contributed by atoms with Crippen molar-refractivity contribution in [3.05, 3.63) is 69.9 Å². The normalized spacial score (nSPS) is 12.2. The van der Waals surface area contributed by atoms with E-state index in [-0.39, 0.29) is 12.6 Å². The fraction of sp³-hybridized carbons (Fsp3) is 0.238. The second-order valence-electron chi connectivity index (χ2n) is 6.90. The number of pyridine rings is 1. The van der Waals surface area contributed by atoms with Gasteiger partial charge in [-0.3, -0.25) is 14.8 Å². The molecule has 0 amide bonds. The van der Waals surface area contributed by atoms with Crippen LogP contribution in [0.25, 0.3) is 10.9 Å². The number of rotatable bonds is 8. The van der Waals surface area contributed by atoms with Gasteiger partial charge in [-0.15, -0.1) is 0 Å². The number of halogens is 2. The van der Waals surface area contributed by atoms with Gasteiger partial charge in [-0.2, -0.15) is 10.2 Å². The molecular weight excluding hydrogens is 425 g/mol. The third-order valence-electron chi connectivity index (χ3n) is 4.83. The smallest absolute Gasteiger partial charge is 0.141 e. The molecular formula is C21H19Cl2N5O2. The second kappa shape index (κ2) is 8.85. The van der Waals surface area contributed by atoms with Gasteiger partial charge >= 0.3 is 0 Å². The Morgan fingerprint density at radius 3 is 2.77 bits per heavy atom. The number of hydrogen-bond donors (Lipinski definition) is 1. The van der Waals surface area contributed by atoms with E-state index in [4.69, 9.17) is 27.9 Å². The first-order valence-electron chi connectivity index (χ1n) is 9.42. The molecule has 0 spiro atoms. The van der Waals surface area contributed by atoms with Crippen molar-refractivity contribution in [2.24, 2.45) is 0 Å². The summed E-state index contributed by atoms with van der Waals surface area (Å²) in [7, 11) is 0. The number of nitrogens with zero attached hydrogens (tertiary/aromatic N) is 4. The van der Waals surface area contributed by atoms with E-state index in [1.807, 2.05) is 31.3 Å². The first-order chi connectivity index (χ1) is 14.5. The molecule has 7 nitrogen and oxygen atoms in total. The zero-order valence-corrected chi connectivity index (χ0v) is 17.7. The molecule has 0 aliphatic carbocycles. The fourth-order valence-corrected chi connectivity index (χ4v) is 4.03. The van der Waals surface area contributed by atoms with Gasteiger partial charge in [0.2, 0.25) is 0 Å². The molecule has 1 atom stereocenters. The minimum atomic E-state index is -0.343. The lowest BCUT2D eigenvalue weighted by atomic mass is 10.1. The summed E-state index contributed by atoms with van der Waals surface area (Å²) in [6.07, 6.45) is 8.78. The lowest BCUT2D eigenvalue weighted by Crippen LogP contribution is -2.05. The van der Waals surface area contributed by atoms with Gasteiger partial charge in [0.25, 0.3) is 0 Å². The van der Waals surface area contributed by atoms with Crippen LogP contribution in [0.5, 0.6) is 5.75 Å². The van der Waals surface area contributed by atoms with Gasteiger partial charge in [0, 0.05) is 35.2 Å². The highest BCUT2D eigenvalue weighted by Crippen LogP contribution is 2.33. The maximum atomic E-state index is 10.6. The lowest BCUT2D eigenvalue weighted by Gasteiger charge is -2.17. The van der Waals surface area contributed by atoms with Crippen molar-refractivity contribution >= 4 is 40.4 Å². The molecule has 1 aromatic carbocycles. The van der Waals surface area contributed by atoms with Crippen LogP contribution in [0.2, 0.25) is 10.0 Å². The number of carbonyl (C=O) groups excluding carboxylic acids is 1. The topological polar surface area (TPSA) is 85.7 Å². The van der Waals surface area contributed by atoms with Crippen LogP contribution in [-0.2, 0) is 24.2 Å². The first kappa shape index (κ1) is 20.4. The molecule has 0 bridgehead atoms. The Morgan fingerprint density at radius 2 is 2.00 bits per heavy atom. The average Bonchev–Trinajstić information content (AvgIpc) is 3.33. The van der Waals surface area contributed by atoms with Crippen molar-refractivity contribution in [3.8, 4) is 5.75 Å². The molecule has 3 aromatic heterocycles. The highest BCUT2D eigenvalue weighted by molar-refractivity contribution is 6.35. The number of aromatic amines is 1. The summed E-state index contributed by atoms with van der Waals surface area (Å²) in [6, 6.07) is 5.74. The van der Waals surface area contributed by atoms with Crippen LogP contribution in [0.3, 0.4) is 0 Å². The third kappa shape index (κ3) is 4.32. The molecule has 4 aromatic rings. The van der Waals surface area contributed by atoms with Crippen LogP contribution in [-0.4, -0.2) is 31.2 Å². The van der Waals surface area contributed by atoms with Crippen LogP contribution in [0.15, 0.2) is 43.0 Å². The Morgan fingerprint density at radius 1 is 1.20 bits per heavy atom. The summed E-state index contributed by atoms with van der Waals surface area (Å²) in [4.78, 5) is 14.6. The molecule has 154 valence electrons. The van der Waals surface area contributed by atoms with Crippen LogP contribution < -0.4 is 4.74 Å². The highest BCUT2D eigenvalue weighted by Gasteiger charge is 2.17. The number of aldehydes is 1. The average molecular weight is 444 g/mol. The summed E-state index contributed by atoms with van der Waals surface area (Å²) in [6.45, 7) is 2.15. The van der Waals surface area contributed by atoms with E-state index in [1.165, 1.54) is 0 Å². The number of carbonyl (C=O) groups is 1. The molecule has 0 radical (unpaired) electrons. The molecule has 9 heteroatoms. The molecule has 0 saturated carbocycles. The summed E-state index contributed by atoms with van der Waals surface area (Å²) < 4.78 is 7.72. The Hall–Kier alpha value is -2.90. The first-order valence-corrected chi connectivity index (χ1v) is 10.2. The van der Waals surface area contributed by atoms with E-state index in [0.29, 0.717) is 21.4 Å². The molecule has 0 saturated heterocycles. The van der Waals surface area contributed by atoms with Crippen molar-refractivity contribution in [1.29, 1.82) is 0 Å². The number of nitrogens with one attached hydrogen (secondary N) is 1. The molecule has 0 fully saturated rings. The molecule has 0 aliphatic heterocycles. The zero-order valence-electron chi connectivity index (χ0n) is 16.2. The van der Waals surface area contributed by atoms with Crippen LogP contribution in [0.1, 0.15) is 29.8 Å². The molecule has 3 heterocycles. The number of H-pyrrole nitrogens is 1. The van der Waals surface area contributed by atoms with E-state index >= 15 is 0 Å². The predicted octanol–water partition coefficient (Wildman–Crippen LogP) is 4.59. The molecule has 0 aliphatic rings. The molecule has 4 rings (SSSR count). The van der Waals surface area contributed by atoms with Gasteiger partial charge in [-0.1, -0.05) is 23.2 Å². The van der Waals surface area contributed by atoms with E-state index in [9.17, 15) is 4.79 Å². The summed E-state index contributed by atoms with van der Waals surface area (Å²) >= 11 is 12.5. The number of aromatic nitrogens is 5. The Balaban J connectivity index is 1.51. The van der Waals surface area contributed by atoms with E-state index < -0.39 is 0 Å². The Kier molecular flexibility index (Phi) is 6.01. The SMILES string of the molecule is C[C@@H](Oc1ccc2n[nH]c(CCc3cnn(CC=O)c3)c2c1)c1c(Cl)cncc1Cl. The Labute approximate surface area is 183 Å². The second-order valence-corrected chi connectivity index (χ2v) is 7.71. The van der Waals surface area contributed by atoms with E-state index in [0.717, 1.165) is 41.3 Å². The van der Waals surface area contributed by atoms with Crippen molar-refractivity contribution in [2.45, 2.75) is 32.4 Å². The minimum Gasteiger partial charge on any atom is -0.486 e. The van der Waals surface area contributed by atoms with Gasteiger partial charge in [0.05, 0.1) is 28.3 Å². The Bertz CT molecular complexity index is 1170. The monoisotopic (exact) mass is 443 g/mol.